The van der Waals surface area contributed by atoms with E-state index < -0.39 is 6.16 Å². The van der Waals surface area contributed by atoms with Gasteiger partial charge in [-0.3, -0.25) is 0 Å². The first-order chi connectivity index (χ1) is 1.73. The maximum atomic E-state index is 8.56. The second kappa shape index (κ2) is 4.26. The van der Waals surface area contributed by atoms with Crippen LogP contribution in [0.5, 0.6) is 0 Å². The van der Waals surface area contributed by atoms with Crippen molar-refractivity contribution in [2.24, 2.45) is 0 Å². The van der Waals surface area contributed by atoms with Crippen molar-refractivity contribution in [3.05, 3.63) is 0 Å². The zero-order chi connectivity index (χ0) is 3.58. The second-order valence-corrected chi connectivity index (χ2v) is 0.283. The Labute approximate surface area is 50.5 Å². The minimum Gasteiger partial charge on any atom is -0.450 e. The van der Waals surface area contributed by atoms with Gasteiger partial charge in [-0.25, -0.2) is 4.79 Å². The van der Waals surface area contributed by atoms with E-state index >= 15 is 0 Å². The Morgan fingerprint density at radius 1 is 1.40 bits per heavy atom. The summed E-state index contributed by atoms with van der Waals surface area (Å²) in [6, 6.07) is 0. The molecule has 0 aliphatic carbocycles. The van der Waals surface area contributed by atoms with Crippen molar-refractivity contribution in [1.82, 2.24) is 0 Å². The zero-order valence-electron chi connectivity index (χ0n) is 2.21. The Kier molecular flexibility index (Phi) is 7.65. The Bertz CT molecular complexity index is 29.9. The SMILES string of the molecule is O=C(O)O.[Pu]. The van der Waals surface area contributed by atoms with Gasteiger partial charge in [-0.05, 0) is 0 Å². The predicted octanol–water partition coefficient (Wildman–Crippen LogP) is 0.222. The fourth-order valence-electron chi connectivity index (χ4n) is 0. The molecule has 0 spiro atoms. The van der Waals surface area contributed by atoms with E-state index in [1.165, 1.54) is 0 Å². The van der Waals surface area contributed by atoms with Crippen LogP contribution in [0, 0.1) is 29.2 Å². The molecule has 0 aliphatic heterocycles. The third-order valence-electron chi connectivity index (χ3n) is 0. The van der Waals surface area contributed by atoms with E-state index in [0.717, 1.165) is 0 Å². The van der Waals surface area contributed by atoms with Crippen LogP contribution in [0.3, 0.4) is 0 Å². The van der Waals surface area contributed by atoms with Crippen LogP contribution in [0.4, 0.5) is 4.79 Å². The van der Waals surface area contributed by atoms with E-state index in [9.17, 15) is 0 Å². The Morgan fingerprint density at radius 3 is 1.40 bits per heavy atom. The topological polar surface area (TPSA) is 57.5 Å². The summed E-state index contributed by atoms with van der Waals surface area (Å²) in [6.07, 6.45) is -1.83. The Balaban J connectivity index is 0. The minimum absolute atomic E-state index is 0. The second-order valence-electron chi connectivity index (χ2n) is 0.283. The molecule has 0 atom stereocenters. The van der Waals surface area contributed by atoms with E-state index in [1.807, 2.05) is 0 Å². The quantitative estimate of drug-likeness (QED) is 0.673. The molecule has 3 nitrogen and oxygen atoms in total. The van der Waals surface area contributed by atoms with Crippen LogP contribution < -0.4 is 0 Å². The average Bonchev–Trinajstić information content (AvgIpc) is 0.811. The zero-order valence-corrected chi connectivity index (χ0v) is 5.61. The van der Waals surface area contributed by atoms with Gasteiger partial charge in [0.2, 0.25) is 0 Å². The molecule has 0 saturated carbocycles. The Hall–Kier alpha value is 0.257. The standard InChI is InChI=1S/CH2O3.Pu/c2-1(3)4;/h(H2,2,3,4);. The molecule has 0 amide bonds. The molecular weight excluding hydrogens is 304 g/mol. The molecule has 0 unspecified atom stereocenters. The fourth-order valence-corrected chi connectivity index (χ4v) is 0. The summed E-state index contributed by atoms with van der Waals surface area (Å²) in [5.74, 6) is 0. The van der Waals surface area contributed by atoms with Gasteiger partial charge >= 0.3 is 6.16 Å². The number of hydrogen-bond donors (Lipinski definition) is 2. The van der Waals surface area contributed by atoms with Crippen molar-refractivity contribution in [2.45, 2.75) is 0 Å². The summed E-state index contributed by atoms with van der Waals surface area (Å²) in [6.45, 7) is 0. The first-order valence-electron chi connectivity index (χ1n) is 0.651. The van der Waals surface area contributed by atoms with E-state index in [-0.39, 0.29) is 29.2 Å². The fraction of sp³-hybridized carbons (Fsp3) is 0. The molecule has 0 heterocycles. The molecule has 0 aromatic carbocycles. The monoisotopic (exact) mass is 300 g/mol. The molecule has 0 aromatic heterocycles. The minimum atomic E-state index is -1.83. The van der Waals surface area contributed by atoms with Crippen LogP contribution in [0.25, 0.3) is 0 Å². The third-order valence-corrected chi connectivity index (χ3v) is 0. The average molecular weight is 306 g/mol. The summed E-state index contributed by atoms with van der Waals surface area (Å²) in [4.78, 5) is 8.56. The van der Waals surface area contributed by atoms with Gasteiger partial charge < -0.3 is 10.2 Å². The van der Waals surface area contributed by atoms with Gasteiger partial charge in [-0.1, -0.05) is 0 Å². The van der Waals surface area contributed by atoms with Gasteiger partial charge in [0.05, 0.1) is 0 Å². The van der Waals surface area contributed by atoms with Crippen LogP contribution in [-0.4, -0.2) is 16.4 Å². The molecule has 0 radical (unpaired) electrons. The smallest absolute Gasteiger partial charge is 0.450 e. The summed E-state index contributed by atoms with van der Waals surface area (Å²) in [5.41, 5.74) is 0. The molecule has 0 saturated heterocycles. The van der Waals surface area contributed by atoms with Crippen LogP contribution in [0.1, 0.15) is 0 Å². The molecule has 0 bridgehead atoms. The predicted molar refractivity (Wildman–Crippen MR) is 10.7 cm³/mol. The van der Waals surface area contributed by atoms with Gasteiger partial charge in [0.25, 0.3) is 0 Å². The molecule has 0 aliphatic rings. The number of rotatable bonds is 0. The van der Waals surface area contributed by atoms with Crippen LogP contribution in [0.2, 0.25) is 0 Å². The summed E-state index contributed by atoms with van der Waals surface area (Å²) < 4.78 is 0. The van der Waals surface area contributed by atoms with Crippen molar-refractivity contribution >= 4 is 6.16 Å². The first kappa shape index (κ1) is 8.98. The van der Waals surface area contributed by atoms with E-state index in [1.54, 1.807) is 0 Å². The van der Waals surface area contributed by atoms with Crippen molar-refractivity contribution in [2.75, 3.05) is 0 Å². The number of hydrogen-bond acceptors (Lipinski definition) is 1. The van der Waals surface area contributed by atoms with Crippen molar-refractivity contribution < 1.29 is 44.2 Å². The van der Waals surface area contributed by atoms with Crippen LogP contribution in [0.15, 0.2) is 0 Å². The summed E-state index contributed by atoms with van der Waals surface area (Å²) >= 11 is 0. The van der Waals surface area contributed by atoms with Gasteiger partial charge in [0.1, 0.15) is 0 Å². The van der Waals surface area contributed by atoms with Crippen molar-refractivity contribution in [3.8, 4) is 0 Å². The van der Waals surface area contributed by atoms with Crippen LogP contribution in [-0.2, 0) is 0 Å². The van der Waals surface area contributed by atoms with E-state index in [0.29, 0.717) is 0 Å². The number of carboxylic acid groups (broad SMARTS) is 2. The summed E-state index contributed by atoms with van der Waals surface area (Å²) in [7, 11) is 0. The largest absolute Gasteiger partial charge is 0.503 e. The molecule has 0 fully saturated rings. The maximum absolute atomic E-state index is 8.56. The van der Waals surface area contributed by atoms with Crippen LogP contribution >= 0.6 is 0 Å². The van der Waals surface area contributed by atoms with E-state index in [2.05, 4.69) is 0 Å². The van der Waals surface area contributed by atoms with Crippen molar-refractivity contribution in [1.29, 1.82) is 0 Å². The molecule has 4 heteroatoms. The van der Waals surface area contributed by atoms with Gasteiger partial charge in [0, 0.05) is 29.2 Å². The third kappa shape index (κ3) is 328. The molecule has 30 valence electrons. The Morgan fingerprint density at radius 2 is 1.40 bits per heavy atom. The molecule has 5 heavy (non-hydrogen) atoms. The molecule has 0 aromatic rings. The summed E-state index contributed by atoms with van der Waals surface area (Å²) in [5, 5.41) is 13.9. The number of carbonyl (C=O) groups is 1. The normalized spacial score (nSPS) is 4.80. The van der Waals surface area contributed by atoms with E-state index in [4.69, 9.17) is 15.0 Å². The van der Waals surface area contributed by atoms with Crippen molar-refractivity contribution in [3.63, 3.8) is 0 Å². The van der Waals surface area contributed by atoms with Gasteiger partial charge in [0.15, 0.2) is 0 Å². The van der Waals surface area contributed by atoms with Gasteiger partial charge in [-0.15, -0.1) is 0 Å². The molecule has 0 rings (SSSR count). The molecular formula is CH2O3Pu. The molecule has 2 N–H and O–H groups in total. The van der Waals surface area contributed by atoms with Gasteiger partial charge in [-0.2, -0.15) is 0 Å². The maximum Gasteiger partial charge on any atom is 0.503 e. The first-order valence-corrected chi connectivity index (χ1v) is 0.651.